The summed E-state index contributed by atoms with van der Waals surface area (Å²) in [6.45, 7) is 2.45. The first-order valence-corrected chi connectivity index (χ1v) is 8.96. The van der Waals surface area contributed by atoms with Gasteiger partial charge in [-0.2, -0.15) is 0 Å². The smallest absolute Gasteiger partial charge is 0.262 e. The van der Waals surface area contributed by atoms with E-state index in [4.69, 9.17) is 11.6 Å². The van der Waals surface area contributed by atoms with Crippen molar-refractivity contribution in [3.8, 4) is 0 Å². The Bertz CT molecular complexity index is 809. The molecule has 0 bridgehead atoms. The highest BCUT2D eigenvalue weighted by Gasteiger charge is 2.26. The maximum atomic E-state index is 13.9. The Kier molecular flexibility index (Phi) is 5.21. The van der Waals surface area contributed by atoms with Crippen molar-refractivity contribution in [2.45, 2.75) is 13.3 Å². The summed E-state index contributed by atoms with van der Waals surface area (Å²) in [5, 5.41) is 1.21. The lowest BCUT2D eigenvalue weighted by atomic mass is 10.2. The number of carbonyl (C=O) groups is 1. The lowest BCUT2D eigenvalue weighted by Gasteiger charge is -2.28. The van der Waals surface area contributed by atoms with Gasteiger partial charge in [-0.15, -0.1) is 0 Å². The van der Waals surface area contributed by atoms with Gasteiger partial charge in [-0.25, -0.2) is 9.38 Å². The van der Waals surface area contributed by atoms with E-state index in [1.54, 1.807) is 23.1 Å². The molecule has 3 nitrogen and oxygen atoms in total. The van der Waals surface area contributed by atoms with Gasteiger partial charge in [0.25, 0.3) is 5.91 Å². The zero-order valence-electron chi connectivity index (χ0n) is 13.1. The molecule has 2 aromatic rings. The molecule has 1 aliphatic heterocycles. The van der Waals surface area contributed by atoms with E-state index in [0.29, 0.717) is 22.4 Å². The lowest BCUT2D eigenvalue weighted by Crippen LogP contribution is -2.39. The molecule has 2 aromatic carbocycles. The third kappa shape index (κ3) is 3.62. The number of benzene rings is 2. The van der Waals surface area contributed by atoms with E-state index in [2.05, 4.69) is 4.99 Å². The molecule has 1 aliphatic rings. The number of amidine groups is 1. The molecule has 0 aliphatic carbocycles. The Balaban J connectivity index is 1.93. The van der Waals surface area contributed by atoms with Crippen LogP contribution in [0.3, 0.4) is 0 Å². The van der Waals surface area contributed by atoms with Crippen LogP contribution in [0.5, 0.6) is 0 Å². The molecule has 1 amide bonds. The lowest BCUT2D eigenvalue weighted by molar-refractivity contribution is 0.0845. The van der Waals surface area contributed by atoms with Crippen LogP contribution in [0.25, 0.3) is 0 Å². The van der Waals surface area contributed by atoms with Crippen molar-refractivity contribution in [3.63, 3.8) is 0 Å². The van der Waals surface area contributed by atoms with Gasteiger partial charge in [-0.05, 0) is 43.2 Å². The van der Waals surface area contributed by atoms with E-state index in [1.165, 1.54) is 23.9 Å². The van der Waals surface area contributed by atoms with E-state index < -0.39 is 5.82 Å². The van der Waals surface area contributed by atoms with Gasteiger partial charge < -0.3 is 0 Å². The Morgan fingerprint density at radius 2 is 2.08 bits per heavy atom. The van der Waals surface area contributed by atoms with E-state index in [-0.39, 0.29) is 11.5 Å². The average molecular weight is 363 g/mol. The minimum absolute atomic E-state index is 0.0645. The predicted molar refractivity (Wildman–Crippen MR) is 97.8 cm³/mol. The Hall–Kier alpha value is -1.85. The van der Waals surface area contributed by atoms with Crippen molar-refractivity contribution < 1.29 is 9.18 Å². The summed E-state index contributed by atoms with van der Waals surface area (Å²) in [6.07, 6.45) is 0.846. The van der Waals surface area contributed by atoms with Gasteiger partial charge >= 0.3 is 0 Å². The van der Waals surface area contributed by atoms with Crippen molar-refractivity contribution in [2.75, 3.05) is 12.3 Å². The van der Waals surface area contributed by atoms with E-state index in [9.17, 15) is 9.18 Å². The quantitative estimate of drug-likeness (QED) is 0.748. The number of hydrogen-bond donors (Lipinski definition) is 0. The van der Waals surface area contributed by atoms with Crippen LogP contribution in [0, 0.1) is 12.7 Å². The first kappa shape index (κ1) is 17.0. The molecule has 0 spiro atoms. The molecule has 124 valence electrons. The summed E-state index contributed by atoms with van der Waals surface area (Å²) in [7, 11) is 0. The zero-order valence-corrected chi connectivity index (χ0v) is 14.7. The number of halogens is 2. The number of hydrogen-bond acceptors (Lipinski definition) is 3. The molecule has 0 saturated carbocycles. The Morgan fingerprint density at radius 3 is 2.83 bits per heavy atom. The van der Waals surface area contributed by atoms with Crippen LogP contribution in [0.15, 0.2) is 47.5 Å². The average Bonchev–Trinajstić information content (AvgIpc) is 2.58. The first-order chi connectivity index (χ1) is 11.6. The van der Waals surface area contributed by atoms with Crippen molar-refractivity contribution in [3.05, 3.63) is 64.4 Å². The van der Waals surface area contributed by atoms with Gasteiger partial charge in [0, 0.05) is 17.3 Å². The normalized spacial score (nSPS) is 16.5. The van der Waals surface area contributed by atoms with Crippen molar-refractivity contribution in [2.24, 2.45) is 4.99 Å². The van der Waals surface area contributed by atoms with Gasteiger partial charge in [-0.1, -0.05) is 41.6 Å². The zero-order chi connectivity index (χ0) is 17.1. The largest absolute Gasteiger partial charge is 0.287 e. The fraction of sp³-hybridized carbons (Fsp3) is 0.222. The van der Waals surface area contributed by atoms with Crippen molar-refractivity contribution in [1.29, 1.82) is 0 Å². The molecular weight excluding hydrogens is 347 g/mol. The van der Waals surface area contributed by atoms with E-state index in [1.807, 2.05) is 19.1 Å². The molecule has 0 atom stereocenters. The maximum absolute atomic E-state index is 13.9. The SMILES string of the molecule is Cc1ccc(N=C2SCCCN2C(=O)c2ccccc2F)cc1Cl. The minimum Gasteiger partial charge on any atom is -0.287 e. The molecule has 6 heteroatoms. The number of carbonyl (C=O) groups excluding carboxylic acids is 1. The van der Waals surface area contributed by atoms with Crippen LogP contribution in [0.1, 0.15) is 22.3 Å². The molecule has 0 N–H and O–H groups in total. The van der Waals surface area contributed by atoms with Gasteiger partial charge in [0.15, 0.2) is 5.17 Å². The summed E-state index contributed by atoms with van der Waals surface area (Å²) in [6, 6.07) is 11.5. The number of aryl methyl sites for hydroxylation is 1. The summed E-state index contributed by atoms with van der Waals surface area (Å²) >= 11 is 7.64. The number of rotatable bonds is 2. The van der Waals surface area contributed by atoms with Crippen LogP contribution >= 0.6 is 23.4 Å². The molecule has 1 heterocycles. The standard InChI is InChI=1S/C18H16ClFN2OS/c1-12-7-8-13(11-15(12)19)21-18-22(9-4-10-24-18)17(23)14-5-2-3-6-16(14)20/h2-3,5-8,11H,4,9-10H2,1H3. The van der Waals surface area contributed by atoms with Crippen LogP contribution in [-0.2, 0) is 0 Å². The first-order valence-electron chi connectivity index (χ1n) is 7.60. The van der Waals surface area contributed by atoms with E-state index in [0.717, 1.165) is 17.7 Å². The third-order valence-corrected chi connectivity index (χ3v) is 5.19. The second kappa shape index (κ2) is 7.36. The molecule has 24 heavy (non-hydrogen) atoms. The molecule has 0 aromatic heterocycles. The molecule has 1 fully saturated rings. The molecule has 0 unspecified atom stereocenters. The van der Waals surface area contributed by atoms with Gasteiger partial charge in [0.1, 0.15) is 5.82 Å². The van der Waals surface area contributed by atoms with Crippen LogP contribution in [0.2, 0.25) is 5.02 Å². The molecule has 0 radical (unpaired) electrons. The number of aliphatic imine (C=N–C) groups is 1. The Labute approximate surface area is 149 Å². The highest BCUT2D eigenvalue weighted by molar-refractivity contribution is 8.13. The van der Waals surface area contributed by atoms with E-state index >= 15 is 0 Å². The van der Waals surface area contributed by atoms with Crippen molar-refractivity contribution in [1.82, 2.24) is 4.90 Å². The Morgan fingerprint density at radius 1 is 1.29 bits per heavy atom. The highest BCUT2D eigenvalue weighted by atomic mass is 35.5. The highest BCUT2D eigenvalue weighted by Crippen LogP contribution is 2.27. The van der Waals surface area contributed by atoms with Crippen LogP contribution in [-0.4, -0.2) is 28.3 Å². The number of nitrogens with zero attached hydrogens (tertiary/aromatic N) is 2. The fourth-order valence-electron chi connectivity index (χ4n) is 2.38. The predicted octanol–water partition coefficient (Wildman–Crippen LogP) is 5.05. The van der Waals surface area contributed by atoms with Crippen LogP contribution in [0.4, 0.5) is 10.1 Å². The van der Waals surface area contributed by atoms with Gasteiger partial charge in [0.2, 0.25) is 0 Å². The molecule has 3 rings (SSSR count). The monoisotopic (exact) mass is 362 g/mol. The summed E-state index contributed by atoms with van der Waals surface area (Å²) in [4.78, 5) is 18.8. The molecule has 1 saturated heterocycles. The summed E-state index contributed by atoms with van der Waals surface area (Å²) in [5.41, 5.74) is 1.71. The topological polar surface area (TPSA) is 32.7 Å². The van der Waals surface area contributed by atoms with Crippen molar-refractivity contribution >= 4 is 40.1 Å². The number of amides is 1. The summed E-state index contributed by atoms with van der Waals surface area (Å²) < 4.78 is 13.9. The minimum atomic E-state index is -0.518. The second-order valence-electron chi connectivity index (χ2n) is 5.47. The maximum Gasteiger partial charge on any atom is 0.262 e. The van der Waals surface area contributed by atoms with Gasteiger partial charge in [-0.3, -0.25) is 9.69 Å². The van der Waals surface area contributed by atoms with Crippen LogP contribution < -0.4 is 0 Å². The fourth-order valence-corrected chi connectivity index (χ4v) is 3.51. The number of thioether (sulfide) groups is 1. The summed E-state index contributed by atoms with van der Waals surface area (Å²) in [5.74, 6) is -0.00694. The van der Waals surface area contributed by atoms with Gasteiger partial charge in [0.05, 0.1) is 11.3 Å². The molecular formula is C18H16ClFN2OS. The second-order valence-corrected chi connectivity index (χ2v) is 6.94. The third-order valence-electron chi connectivity index (χ3n) is 3.72.